The van der Waals surface area contributed by atoms with Crippen LogP contribution in [0.3, 0.4) is 0 Å². The van der Waals surface area contributed by atoms with Crippen LogP contribution in [0.1, 0.15) is 24.2 Å². The largest absolute Gasteiger partial charge is 0.489 e. The highest BCUT2D eigenvalue weighted by Crippen LogP contribution is 2.24. The van der Waals surface area contributed by atoms with Gasteiger partial charge in [0.25, 0.3) is 5.91 Å². The number of rotatable bonds is 7. The first-order chi connectivity index (χ1) is 14.0. The molecule has 2 aromatic carbocycles. The molecule has 0 bridgehead atoms. The lowest BCUT2D eigenvalue weighted by molar-refractivity contribution is -0.114. The summed E-state index contributed by atoms with van der Waals surface area (Å²) in [4.78, 5) is 26.5. The molecule has 1 aliphatic rings. The lowest BCUT2D eigenvalue weighted by Gasteiger charge is -2.26. The highest BCUT2D eigenvalue weighted by atomic mass is 16.5. The lowest BCUT2D eigenvalue weighted by Crippen LogP contribution is -2.40. The van der Waals surface area contributed by atoms with Gasteiger partial charge in [0.05, 0.1) is 31.5 Å². The van der Waals surface area contributed by atoms with Crippen molar-refractivity contribution < 1.29 is 19.1 Å². The Hall–Kier alpha value is -3.06. The molecule has 2 N–H and O–H groups in total. The van der Waals surface area contributed by atoms with Gasteiger partial charge in [0.15, 0.2) is 0 Å². The van der Waals surface area contributed by atoms with Crippen LogP contribution in [-0.2, 0) is 9.53 Å². The van der Waals surface area contributed by atoms with E-state index in [1.54, 1.807) is 29.2 Å². The zero-order valence-electron chi connectivity index (χ0n) is 16.8. The van der Waals surface area contributed by atoms with E-state index in [2.05, 4.69) is 10.6 Å². The standard InChI is InChI=1S/C22H27N3O4/c1-16(2)29-20-6-4-3-5-19(20)23-15-21(26)24-18-9-7-17(8-10-18)22(27)25-11-13-28-14-12-25/h3-10,16,23H,11-15H2,1-2H3,(H,24,26). The third-order valence-corrected chi connectivity index (χ3v) is 4.40. The number of para-hydroxylation sites is 2. The van der Waals surface area contributed by atoms with Crippen molar-refractivity contribution in [3.05, 3.63) is 54.1 Å². The van der Waals surface area contributed by atoms with Crippen molar-refractivity contribution in [2.75, 3.05) is 43.5 Å². The molecule has 0 radical (unpaired) electrons. The van der Waals surface area contributed by atoms with Crippen LogP contribution in [0.15, 0.2) is 48.5 Å². The van der Waals surface area contributed by atoms with Gasteiger partial charge >= 0.3 is 0 Å². The van der Waals surface area contributed by atoms with Gasteiger partial charge in [-0.1, -0.05) is 12.1 Å². The van der Waals surface area contributed by atoms with Gasteiger partial charge in [-0.05, 0) is 50.2 Å². The Balaban J connectivity index is 1.53. The van der Waals surface area contributed by atoms with Crippen molar-refractivity contribution in [3.8, 4) is 5.75 Å². The van der Waals surface area contributed by atoms with Crippen LogP contribution >= 0.6 is 0 Å². The molecular weight excluding hydrogens is 370 g/mol. The summed E-state index contributed by atoms with van der Waals surface area (Å²) < 4.78 is 11.0. The fraction of sp³-hybridized carbons (Fsp3) is 0.364. The van der Waals surface area contributed by atoms with Crippen LogP contribution in [0, 0.1) is 0 Å². The Kier molecular flexibility index (Phi) is 7.08. The minimum Gasteiger partial charge on any atom is -0.489 e. The second-order valence-electron chi connectivity index (χ2n) is 7.05. The molecule has 2 aromatic rings. The Bertz CT molecular complexity index is 830. The molecule has 1 aliphatic heterocycles. The Morgan fingerprint density at radius 3 is 2.45 bits per heavy atom. The molecule has 7 nitrogen and oxygen atoms in total. The molecule has 3 rings (SSSR count). The van der Waals surface area contributed by atoms with Crippen molar-refractivity contribution in [3.63, 3.8) is 0 Å². The molecule has 2 amide bonds. The number of ether oxygens (including phenoxy) is 2. The molecule has 0 saturated carbocycles. The average Bonchev–Trinajstić information content (AvgIpc) is 2.73. The van der Waals surface area contributed by atoms with Crippen LogP contribution in [0.4, 0.5) is 11.4 Å². The first-order valence-electron chi connectivity index (χ1n) is 9.79. The number of amides is 2. The van der Waals surface area contributed by atoms with E-state index in [9.17, 15) is 9.59 Å². The first-order valence-corrected chi connectivity index (χ1v) is 9.79. The summed E-state index contributed by atoms with van der Waals surface area (Å²) in [6, 6.07) is 14.4. The summed E-state index contributed by atoms with van der Waals surface area (Å²) >= 11 is 0. The van der Waals surface area contributed by atoms with Gasteiger partial charge in [-0.15, -0.1) is 0 Å². The zero-order valence-corrected chi connectivity index (χ0v) is 16.8. The maximum Gasteiger partial charge on any atom is 0.254 e. The molecule has 7 heteroatoms. The fourth-order valence-corrected chi connectivity index (χ4v) is 3.00. The number of hydrogen-bond donors (Lipinski definition) is 2. The maximum atomic E-state index is 12.5. The van der Waals surface area contributed by atoms with Gasteiger partial charge in [0, 0.05) is 24.3 Å². The van der Waals surface area contributed by atoms with Gasteiger partial charge < -0.3 is 25.0 Å². The highest BCUT2D eigenvalue weighted by Gasteiger charge is 2.18. The molecule has 0 spiro atoms. The Labute approximate surface area is 171 Å². The van der Waals surface area contributed by atoms with Crippen molar-refractivity contribution in [1.82, 2.24) is 4.90 Å². The van der Waals surface area contributed by atoms with Gasteiger partial charge in [-0.2, -0.15) is 0 Å². The number of morpholine rings is 1. The van der Waals surface area contributed by atoms with Crippen LogP contribution in [-0.4, -0.2) is 55.7 Å². The van der Waals surface area contributed by atoms with E-state index in [0.717, 1.165) is 5.69 Å². The van der Waals surface area contributed by atoms with Crippen LogP contribution < -0.4 is 15.4 Å². The summed E-state index contributed by atoms with van der Waals surface area (Å²) in [5.41, 5.74) is 2.01. The number of hydrogen-bond acceptors (Lipinski definition) is 5. The van der Waals surface area contributed by atoms with Crippen molar-refractivity contribution >= 4 is 23.2 Å². The van der Waals surface area contributed by atoms with E-state index in [-0.39, 0.29) is 24.5 Å². The van der Waals surface area contributed by atoms with E-state index in [1.165, 1.54) is 0 Å². The van der Waals surface area contributed by atoms with Crippen LogP contribution in [0.2, 0.25) is 0 Å². The van der Waals surface area contributed by atoms with Gasteiger partial charge in [0.1, 0.15) is 5.75 Å². The first kappa shape index (κ1) is 20.7. The molecule has 1 heterocycles. The van der Waals surface area contributed by atoms with E-state index < -0.39 is 0 Å². The van der Waals surface area contributed by atoms with E-state index >= 15 is 0 Å². The quantitative estimate of drug-likeness (QED) is 0.751. The summed E-state index contributed by atoms with van der Waals surface area (Å²) in [5.74, 6) is 0.507. The number of nitrogens with one attached hydrogen (secondary N) is 2. The SMILES string of the molecule is CC(C)Oc1ccccc1NCC(=O)Nc1ccc(C(=O)N2CCOCC2)cc1. The summed E-state index contributed by atoms with van der Waals surface area (Å²) in [7, 11) is 0. The topological polar surface area (TPSA) is 79.9 Å². The monoisotopic (exact) mass is 397 g/mol. The number of anilines is 2. The zero-order chi connectivity index (χ0) is 20.6. The number of benzene rings is 2. The van der Waals surface area contributed by atoms with Gasteiger partial charge in [-0.25, -0.2) is 0 Å². The number of nitrogens with zero attached hydrogens (tertiary/aromatic N) is 1. The molecule has 1 saturated heterocycles. The molecule has 0 aromatic heterocycles. The van der Waals surface area contributed by atoms with Crippen molar-refractivity contribution in [2.24, 2.45) is 0 Å². The smallest absolute Gasteiger partial charge is 0.254 e. The minimum atomic E-state index is -0.184. The normalized spacial score (nSPS) is 13.8. The number of carbonyl (C=O) groups is 2. The number of carbonyl (C=O) groups excluding carboxylic acids is 2. The minimum absolute atomic E-state index is 0.0189. The van der Waals surface area contributed by atoms with Crippen molar-refractivity contribution in [2.45, 2.75) is 20.0 Å². The van der Waals surface area contributed by atoms with Gasteiger partial charge in [0.2, 0.25) is 5.91 Å². The van der Waals surface area contributed by atoms with Crippen LogP contribution in [0.25, 0.3) is 0 Å². The van der Waals surface area contributed by atoms with Crippen molar-refractivity contribution in [1.29, 1.82) is 0 Å². The van der Waals surface area contributed by atoms with E-state index in [1.807, 2.05) is 38.1 Å². The molecule has 0 atom stereocenters. The summed E-state index contributed by atoms with van der Waals surface area (Å²) in [6.07, 6.45) is 0.0467. The average molecular weight is 397 g/mol. The van der Waals surface area contributed by atoms with Crippen LogP contribution in [0.5, 0.6) is 5.75 Å². The molecule has 0 aliphatic carbocycles. The molecule has 1 fully saturated rings. The van der Waals surface area contributed by atoms with E-state index in [0.29, 0.717) is 43.3 Å². The lowest BCUT2D eigenvalue weighted by atomic mass is 10.1. The molecule has 0 unspecified atom stereocenters. The third-order valence-electron chi connectivity index (χ3n) is 4.40. The maximum absolute atomic E-state index is 12.5. The fourth-order valence-electron chi connectivity index (χ4n) is 3.00. The van der Waals surface area contributed by atoms with Gasteiger partial charge in [-0.3, -0.25) is 9.59 Å². The Morgan fingerprint density at radius 1 is 1.07 bits per heavy atom. The summed E-state index contributed by atoms with van der Waals surface area (Å²) in [6.45, 7) is 6.35. The Morgan fingerprint density at radius 2 is 1.76 bits per heavy atom. The predicted molar refractivity (Wildman–Crippen MR) is 112 cm³/mol. The summed E-state index contributed by atoms with van der Waals surface area (Å²) in [5, 5.41) is 5.93. The second kappa shape index (κ2) is 9.93. The molecule has 154 valence electrons. The van der Waals surface area contributed by atoms with E-state index in [4.69, 9.17) is 9.47 Å². The second-order valence-corrected chi connectivity index (χ2v) is 7.05. The predicted octanol–water partition coefficient (Wildman–Crippen LogP) is 3.00. The third kappa shape index (κ3) is 5.96. The highest BCUT2D eigenvalue weighted by molar-refractivity contribution is 5.96. The molecular formula is C22H27N3O4. The molecule has 29 heavy (non-hydrogen) atoms.